The van der Waals surface area contributed by atoms with Crippen LogP contribution in [0, 0.1) is 29.1 Å². The third kappa shape index (κ3) is 3.74. The van der Waals surface area contributed by atoms with Gasteiger partial charge in [-0.2, -0.15) is 0 Å². The zero-order valence-corrected chi connectivity index (χ0v) is 22.2. The molecule has 2 unspecified atom stereocenters. The van der Waals surface area contributed by atoms with Crippen molar-refractivity contribution >= 4 is 41.3 Å². The predicted octanol–water partition coefficient (Wildman–Crippen LogP) is 1.65. The van der Waals surface area contributed by atoms with Crippen molar-refractivity contribution in [2.45, 2.75) is 76.4 Å². The molecule has 11 heteroatoms. The Balaban J connectivity index is 2.00. The maximum atomic E-state index is 13.8. The Bertz CT molecular complexity index is 1130. The molecule has 37 heavy (non-hydrogen) atoms. The van der Waals surface area contributed by atoms with Crippen LogP contribution in [-0.4, -0.2) is 69.7 Å². The third-order valence-corrected chi connectivity index (χ3v) is 9.11. The van der Waals surface area contributed by atoms with Gasteiger partial charge in [-0.05, 0) is 36.8 Å². The summed E-state index contributed by atoms with van der Waals surface area (Å²) in [6.07, 6.45) is -0.849. The average Bonchev–Trinajstić information content (AvgIpc) is 3.23. The number of carbonyl (C=O) groups is 5. The van der Waals surface area contributed by atoms with Crippen LogP contribution < -0.4 is 0 Å². The van der Waals surface area contributed by atoms with E-state index in [1.165, 1.54) is 20.8 Å². The number of fused-ring (bicyclic) bond motifs is 2. The first-order chi connectivity index (χ1) is 17.0. The van der Waals surface area contributed by atoms with E-state index in [4.69, 9.17) is 30.5 Å². The van der Waals surface area contributed by atoms with Gasteiger partial charge in [0.1, 0.15) is 12.2 Å². The summed E-state index contributed by atoms with van der Waals surface area (Å²) < 4.78 is 22.3. The van der Waals surface area contributed by atoms with E-state index in [1.807, 2.05) is 0 Å². The van der Waals surface area contributed by atoms with Crippen molar-refractivity contribution in [3.63, 3.8) is 0 Å². The first-order valence-corrected chi connectivity index (χ1v) is 12.5. The molecule has 1 aliphatic heterocycles. The van der Waals surface area contributed by atoms with Crippen LogP contribution in [0.2, 0.25) is 0 Å². The molecule has 0 spiro atoms. The van der Waals surface area contributed by atoms with Crippen molar-refractivity contribution in [2.24, 2.45) is 29.1 Å². The van der Waals surface area contributed by atoms with E-state index >= 15 is 0 Å². The minimum atomic E-state index is -2.26. The van der Waals surface area contributed by atoms with E-state index in [0.717, 1.165) is 13.8 Å². The lowest BCUT2D eigenvalue weighted by molar-refractivity contribution is -0.214. The standard InChI is InChI=1S/C26H31ClO10/c1-10-16(34-12(3)28)9-8-15-17-20(31)25(7,37-14(5)30)19(24(15,17)6)22(35-13(4)29)26(33)11(2)23(32)36-21(26)18(10)27/h8-9,11,15-19,21-22,33H,1H2,2-7H3/t11-,15?,16-,17?,18-,19+,21-,22-,24-,25-,26-/m0/s1. The van der Waals surface area contributed by atoms with Crippen molar-refractivity contribution in [1.29, 1.82) is 0 Å². The van der Waals surface area contributed by atoms with Crippen LogP contribution in [0.5, 0.6) is 0 Å². The van der Waals surface area contributed by atoms with Gasteiger partial charge in [-0.1, -0.05) is 19.6 Å². The van der Waals surface area contributed by atoms with Crippen LogP contribution in [0.1, 0.15) is 41.5 Å². The summed E-state index contributed by atoms with van der Waals surface area (Å²) in [5.74, 6) is -6.82. The molecule has 0 radical (unpaired) electrons. The second-order valence-corrected chi connectivity index (χ2v) is 11.3. The number of rotatable bonds is 3. The molecule has 1 heterocycles. The van der Waals surface area contributed by atoms with Crippen LogP contribution in [-0.2, 0) is 42.9 Å². The molecule has 11 atom stereocenters. The fourth-order valence-electron chi connectivity index (χ4n) is 6.87. The van der Waals surface area contributed by atoms with E-state index in [1.54, 1.807) is 19.1 Å². The number of carbonyl (C=O) groups excluding carboxylic acids is 5. The Kier molecular flexibility index (Phi) is 6.39. The number of esters is 4. The zero-order valence-electron chi connectivity index (χ0n) is 21.5. The fourth-order valence-corrected chi connectivity index (χ4v) is 7.25. The Morgan fingerprint density at radius 2 is 1.65 bits per heavy atom. The topological polar surface area (TPSA) is 143 Å². The van der Waals surface area contributed by atoms with Gasteiger partial charge in [0.2, 0.25) is 0 Å². The SMILES string of the molecule is C=C1[C@@H](OC(C)=O)C=CC2C3C(=O)[C@@](C)(OC(C)=O)[C@H]([C@H](OC(C)=O)[C@]4(O)[C@@H](C)C(=O)O[C@H]4[C@H]1Cl)[C@@]23C. The van der Waals surface area contributed by atoms with Gasteiger partial charge in [-0.15, -0.1) is 11.6 Å². The van der Waals surface area contributed by atoms with E-state index in [2.05, 4.69) is 6.58 Å². The molecule has 3 fully saturated rings. The van der Waals surface area contributed by atoms with Gasteiger partial charge in [-0.25, -0.2) is 0 Å². The predicted molar refractivity (Wildman–Crippen MR) is 127 cm³/mol. The average molecular weight is 539 g/mol. The van der Waals surface area contributed by atoms with Crippen molar-refractivity contribution < 1.29 is 48.0 Å². The molecule has 0 amide bonds. The summed E-state index contributed by atoms with van der Waals surface area (Å²) in [6, 6.07) is 0. The zero-order chi connectivity index (χ0) is 27.8. The molecular formula is C26H31ClO10. The van der Waals surface area contributed by atoms with Crippen LogP contribution in [0.4, 0.5) is 0 Å². The van der Waals surface area contributed by atoms with Gasteiger partial charge in [0.25, 0.3) is 0 Å². The minimum Gasteiger partial charge on any atom is -0.459 e. The largest absolute Gasteiger partial charge is 0.459 e. The molecule has 1 N–H and O–H groups in total. The molecule has 2 saturated carbocycles. The van der Waals surface area contributed by atoms with Crippen molar-refractivity contribution in [3.05, 3.63) is 24.3 Å². The lowest BCUT2D eigenvalue weighted by Gasteiger charge is -2.47. The van der Waals surface area contributed by atoms with E-state index < -0.39 is 93.6 Å². The van der Waals surface area contributed by atoms with Crippen molar-refractivity contribution in [1.82, 2.24) is 0 Å². The molecule has 3 aliphatic carbocycles. The van der Waals surface area contributed by atoms with Crippen molar-refractivity contribution in [2.75, 3.05) is 0 Å². The number of hydrogen-bond donors (Lipinski definition) is 1. The molecule has 202 valence electrons. The van der Waals surface area contributed by atoms with Gasteiger partial charge in [0.05, 0.1) is 17.2 Å². The van der Waals surface area contributed by atoms with E-state index in [-0.39, 0.29) is 5.57 Å². The summed E-state index contributed by atoms with van der Waals surface area (Å²) in [6.45, 7) is 12.0. The van der Waals surface area contributed by atoms with Crippen LogP contribution in [0.25, 0.3) is 0 Å². The second kappa shape index (κ2) is 8.66. The minimum absolute atomic E-state index is 0.116. The summed E-state index contributed by atoms with van der Waals surface area (Å²) >= 11 is 6.74. The Morgan fingerprint density at radius 3 is 2.19 bits per heavy atom. The van der Waals surface area contributed by atoms with Gasteiger partial charge in [0.15, 0.2) is 23.1 Å². The van der Waals surface area contributed by atoms with Crippen LogP contribution in [0.3, 0.4) is 0 Å². The molecule has 4 rings (SSSR count). The highest BCUT2D eigenvalue weighted by Gasteiger charge is 2.84. The number of halogens is 1. The maximum Gasteiger partial charge on any atom is 0.312 e. The Labute approximate surface area is 219 Å². The summed E-state index contributed by atoms with van der Waals surface area (Å²) in [4.78, 5) is 63.0. The lowest BCUT2D eigenvalue weighted by Crippen LogP contribution is -2.65. The Hall–Kier alpha value is -2.72. The molecular weight excluding hydrogens is 508 g/mol. The van der Waals surface area contributed by atoms with Crippen LogP contribution >= 0.6 is 11.6 Å². The number of hydrogen-bond acceptors (Lipinski definition) is 10. The number of alkyl halides is 1. The Morgan fingerprint density at radius 1 is 1.05 bits per heavy atom. The summed E-state index contributed by atoms with van der Waals surface area (Å²) in [5.41, 5.74) is -4.90. The highest BCUT2D eigenvalue weighted by atomic mass is 35.5. The van der Waals surface area contributed by atoms with E-state index in [9.17, 15) is 29.1 Å². The quantitative estimate of drug-likeness (QED) is 0.244. The molecule has 0 aromatic carbocycles. The number of ketones is 1. The molecule has 0 bridgehead atoms. The third-order valence-electron chi connectivity index (χ3n) is 8.60. The van der Waals surface area contributed by atoms with Gasteiger partial charge >= 0.3 is 23.9 Å². The number of aliphatic hydroxyl groups is 1. The maximum absolute atomic E-state index is 13.8. The lowest BCUT2D eigenvalue weighted by atomic mass is 9.66. The van der Waals surface area contributed by atoms with Gasteiger partial charge in [0, 0.05) is 26.7 Å². The fraction of sp³-hybridized carbons (Fsp3) is 0.654. The molecule has 0 aromatic rings. The van der Waals surface area contributed by atoms with Crippen molar-refractivity contribution in [3.8, 4) is 0 Å². The number of ether oxygens (including phenoxy) is 4. The monoisotopic (exact) mass is 538 g/mol. The molecule has 0 aromatic heterocycles. The molecule has 4 aliphatic rings. The highest BCUT2D eigenvalue weighted by Crippen LogP contribution is 2.75. The highest BCUT2D eigenvalue weighted by molar-refractivity contribution is 6.23. The van der Waals surface area contributed by atoms with Crippen LogP contribution in [0.15, 0.2) is 24.3 Å². The molecule has 10 nitrogen and oxygen atoms in total. The number of Topliss-reactive ketones (excluding diaryl/α,β-unsaturated/α-hetero) is 1. The molecule has 1 saturated heterocycles. The first kappa shape index (κ1) is 27.3. The van der Waals surface area contributed by atoms with Gasteiger partial charge in [-0.3, -0.25) is 24.0 Å². The normalized spacial score (nSPS) is 46.2. The summed E-state index contributed by atoms with van der Waals surface area (Å²) in [5, 5.41) is 11.0. The van der Waals surface area contributed by atoms with Gasteiger partial charge < -0.3 is 24.1 Å². The second-order valence-electron chi connectivity index (χ2n) is 10.8. The first-order valence-electron chi connectivity index (χ1n) is 12.0. The summed E-state index contributed by atoms with van der Waals surface area (Å²) in [7, 11) is 0. The van der Waals surface area contributed by atoms with E-state index in [0.29, 0.717) is 0 Å². The number of allylic oxidation sites excluding steroid dienone is 1. The smallest absolute Gasteiger partial charge is 0.312 e.